The summed E-state index contributed by atoms with van der Waals surface area (Å²) in [5.74, 6) is -2.99. The number of alkyl halides is 2. The Bertz CT molecular complexity index is 195. The van der Waals surface area contributed by atoms with Crippen molar-refractivity contribution in [1.82, 2.24) is 0 Å². The Morgan fingerprint density at radius 3 is 2.46 bits per heavy atom. The predicted molar refractivity (Wildman–Crippen MR) is 36.9 cm³/mol. The second-order valence-electron chi connectivity index (χ2n) is 2.93. The van der Waals surface area contributed by atoms with Crippen molar-refractivity contribution in [2.75, 3.05) is 6.61 Å². The lowest BCUT2D eigenvalue weighted by Crippen LogP contribution is -2.65. The van der Waals surface area contributed by atoms with Gasteiger partial charge in [0.15, 0.2) is 0 Å². The second-order valence-corrected chi connectivity index (χ2v) is 2.93. The van der Waals surface area contributed by atoms with Gasteiger partial charge in [-0.1, -0.05) is 0 Å². The van der Waals surface area contributed by atoms with Crippen LogP contribution < -0.4 is 5.73 Å². The van der Waals surface area contributed by atoms with Gasteiger partial charge in [-0.2, -0.15) is 0 Å². The number of hydrogen-bond donors (Lipinski definition) is 4. The number of aliphatic hydroxyl groups is 3. The van der Waals surface area contributed by atoms with E-state index in [0.717, 1.165) is 0 Å². The maximum Gasteiger partial charge on any atom is 0.263 e. The van der Waals surface area contributed by atoms with Gasteiger partial charge in [0, 0.05) is 0 Å². The molecule has 1 aliphatic rings. The van der Waals surface area contributed by atoms with E-state index in [0.29, 0.717) is 0 Å². The molecule has 5 atom stereocenters. The quantitative estimate of drug-likeness (QED) is 0.392. The summed E-state index contributed by atoms with van der Waals surface area (Å²) < 4.78 is 29.9. The SMILES string of the molecule is N[C@@H]1[C@@H](O)[C@H](O)[C@@](F)(CO)O[C@H]1F. The van der Waals surface area contributed by atoms with Crippen LogP contribution in [0.25, 0.3) is 0 Å². The van der Waals surface area contributed by atoms with Gasteiger partial charge in [-0.05, 0) is 0 Å². The molecular formula is C6H11F2NO4. The molecule has 0 saturated carbocycles. The Balaban J connectivity index is 2.82. The Kier molecular flexibility index (Phi) is 2.83. The fourth-order valence-corrected chi connectivity index (χ4v) is 1.09. The third kappa shape index (κ3) is 1.65. The third-order valence-electron chi connectivity index (χ3n) is 1.99. The average Bonchev–Trinajstić information content (AvgIpc) is 2.12. The molecule has 1 heterocycles. The molecule has 0 aliphatic carbocycles. The van der Waals surface area contributed by atoms with Crippen molar-refractivity contribution in [1.29, 1.82) is 0 Å². The van der Waals surface area contributed by atoms with E-state index >= 15 is 0 Å². The molecule has 13 heavy (non-hydrogen) atoms. The summed E-state index contributed by atoms with van der Waals surface area (Å²) in [6.07, 6.45) is -6.11. The third-order valence-corrected chi connectivity index (χ3v) is 1.99. The highest BCUT2D eigenvalue weighted by Gasteiger charge is 2.53. The molecule has 0 amide bonds. The molecule has 0 unspecified atom stereocenters. The summed E-state index contributed by atoms with van der Waals surface area (Å²) in [7, 11) is 0. The lowest BCUT2D eigenvalue weighted by atomic mass is 9.97. The van der Waals surface area contributed by atoms with E-state index in [1.165, 1.54) is 0 Å². The number of aliphatic hydroxyl groups excluding tert-OH is 3. The number of nitrogens with two attached hydrogens (primary N) is 1. The molecule has 0 aromatic rings. The first-order valence-corrected chi connectivity index (χ1v) is 3.66. The van der Waals surface area contributed by atoms with Crippen LogP contribution in [-0.4, -0.2) is 52.4 Å². The standard InChI is InChI=1S/C6H11F2NO4/c7-5-2(9)3(11)4(12)6(8,1-10)13-5/h2-5,10-12H,1,9H2/t2-,3-,4+,5-,6-/m1/s1. The van der Waals surface area contributed by atoms with Crippen LogP contribution in [0.3, 0.4) is 0 Å². The van der Waals surface area contributed by atoms with Gasteiger partial charge in [0.1, 0.15) is 18.8 Å². The molecule has 0 aromatic carbocycles. The minimum Gasteiger partial charge on any atom is -0.390 e. The van der Waals surface area contributed by atoms with Gasteiger partial charge < -0.3 is 25.8 Å². The van der Waals surface area contributed by atoms with Crippen molar-refractivity contribution in [3.05, 3.63) is 0 Å². The van der Waals surface area contributed by atoms with Crippen molar-refractivity contribution in [3.8, 4) is 0 Å². The van der Waals surface area contributed by atoms with Gasteiger partial charge in [0.2, 0.25) is 6.36 Å². The van der Waals surface area contributed by atoms with E-state index in [1.54, 1.807) is 0 Å². The smallest absolute Gasteiger partial charge is 0.263 e. The van der Waals surface area contributed by atoms with E-state index < -0.39 is 37.1 Å². The number of rotatable bonds is 1. The molecule has 0 radical (unpaired) electrons. The molecule has 0 aromatic heterocycles. The predicted octanol–water partition coefficient (Wildman–Crippen LogP) is -1.98. The summed E-state index contributed by atoms with van der Waals surface area (Å²) in [6, 6.07) is -1.52. The molecule has 1 fully saturated rings. The van der Waals surface area contributed by atoms with Crippen LogP contribution in [0.5, 0.6) is 0 Å². The van der Waals surface area contributed by atoms with Gasteiger partial charge in [0.25, 0.3) is 5.85 Å². The molecular weight excluding hydrogens is 188 g/mol. The number of halogens is 2. The minimum atomic E-state index is -2.99. The molecule has 1 rings (SSSR count). The lowest BCUT2D eigenvalue weighted by molar-refractivity contribution is -0.326. The molecule has 1 aliphatic heterocycles. The molecule has 5 nitrogen and oxygen atoms in total. The van der Waals surface area contributed by atoms with Crippen LogP contribution in [0.15, 0.2) is 0 Å². The van der Waals surface area contributed by atoms with Crippen molar-refractivity contribution in [2.24, 2.45) is 5.73 Å². The van der Waals surface area contributed by atoms with Crippen LogP contribution in [0.2, 0.25) is 0 Å². The summed E-state index contributed by atoms with van der Waals surface area (Å²) in [5.41, 5.74) is 5.03. The Morgan fingerprint density at radius 2 is 2.00 bits per heavy atom. The van der Waals surface area contributed by atoms with Crippen molar-refractivity contribution < 1.29 is 28.8 Å². The molecule has 1 saturated heterocycles. The average molecular weight is 199 g/mol. The molecule has 78 valence electrons. The van der Waals surface area contributed by atoms with Gasteiger partial charge in [-0.15, -0.1) is 0 Å². The second kappa shape index (κ2) is 3.43. The van der Waals surface area contributed by atoms with Crippen LogP contribution in [0, 0.1) is 0 Å². The summed E-state index contributed by atoms with van der Waals surface area (Å²) in [5, 5.41) is 26.5. The molecule has 7 heteroatoms. The van der Waals surface area contributed by atoms with Crippen molar-refractivity contribution in [2.45, 2.75) is 30.5 Å². The van der Waals surface area contributed by atoms with Gasteiger partial charge in [-0.25, -0.2) is 8.78 Å². The van der Waals surface area contributed by atoms with E-state index in [-0.39, 0.29) is 0 Å². The highest BCUT2D eigenvalue weighted by atomic mass is 19.2. The van der Waals surface area contributed by atoms with E-state index in [9.17, 15) is 8.78 Å². The Hall–Kier alpha value is -0.340. The topological polar surface area (TPSA) is 95.9 Å². The number of ether oxygens (including phenoxy) is 1. The van der Waals surface area contributed by atoms with Crippen molar-refractivity contribution >= 4 is 0 Å². The summed E-state index contributed by atoms with van der Waals surface area (Å²) in [4.78, 5) is 0. The van der Waals surface area contributed by atoms with Crippen LogP contribution in [-0.2, 0) is 4.74 Å². The summed E-state index contributed by atoms with van der Waals surface area (Å²) in [6.45, 7) is -1.25. The highest BCUT2D eigenvalue weighted by molar-refractivity contribution is 4.95. The monoisotopic (exact) mass is 199 g/mol. The minimum absolute atomic E-state index is 1.25. The van der Waals surface area contributed by atoms with E-state index in [1.807, 2.05) is 0 Å². The van der Waals surface area contributed by atoms with E-state index in [4.69, 9.17) is 21.1 Å². The lowest BCUT2D eigenvalue weighted by Gasteiger charge is -2.40. The fourth-order valence-electron chi connectivity index (χ4n) is 1.09. The van der Waals surface area contributed by atoms with E-state index in [2.05, 4.69) is 4.74 Å². The van der Waals surface area contributed by atoms with Crippen LogP contribution in [0.4, 0.5) is 8.78 Å². The normalized spacial score (nSPS) is 52.2. The summed E-state index contributed by atoms with van der Waals surface area (Å²) >= 11 is 0. The first-order valence-electron chi connectivity index (χ1n) is 3.66. The van der Waals surface area contributed by atoms with Gasteiger partial charge >= 0.3 is 0 Å². The molecule has 0 spiro atoms. The molecule has 0 bridgehead atoms. The zero-order valence-electron chi connectivity index (χ0n) is 6.60. The Labute approximate surface area is 72.7 Å². The molecule has 5 N–H and O–H groups in total. The first-order chi connectivity index (χ1) is 5.92. The van der Waals surface area contributed by atoms with Gasteiger partial charge in [-0.3, -0.25) is 0 Å². The fraction of sp³-hybridized carbons (Fsp3) is 1.00. The van der Waals surface area contributed by atoms with Crippen LogP contribution in [0.1, 0.15) is 0 Å². The number of hydrogen-bond acceptors (Lipinski definition) is 5. The Morgan fingerprint density at radius 1 is 1.46 bits per heavy atom. The van der Waals surface area contributed by atoms with Crippen molar-refractivity contribution in [3.63, 3.8) is 0 Å². The zero-order valence-corrected chi connectivity index (χ0v) is 6.60. The maximum absolute atomic E-state index is 13.2. The first kappa shape index (κ1) is 10.7. The largest absolute Gasteiger partial charge is 0.390 e. The zero-order chi connectivity index (χ0) is 10.2. The van der Waals surface area contributed by atoms with Gasteiger partial charge in [0.05, 0.1) is 6.04 Å². The maximum atomic E-state index is 13.2. The highest BCUT2D eigenvalue weighted by Crippen LogP contribution is 2.30. The van der Waals surface area contributed by atoms with Crippen LogP contribution >= 0.6 is 0 Å².